The lowest BCUT2D eigenvalue weighted by Gasteiger charge is -2.08. The minimum Gasteiger partial charge on any atom is -0.508 e. The maximum Gasteiger partial charge on any atom is 0.116 e. The Balaban J connectivity index is 2.30. The number of phenols is 1. The van der Waals surface area contributed by atoms with Gasteiger partial charge in [0.1, 0.15) is 10.8 Å². The number of fused-ring (bicyclic) bond motifs is 1. The van der Waals surface area contributed by atoms with E-state index in [0.717, 1.165) is 21.6 Å². The Bertz CT molecular complexity index is 516. The summed E-state index contributed by atoms with van der Waals surface area (Å²) in [5.74, 6) is 1.31. The Morgan fingerprint density at radius 1 is 1.35 bits per heavy atom. The number of aliphatic hydroxyl groups is 1. The predicted octanol–water partition coefficient (Wildman–Crippen LogP) is 2.66. The van der Waals surface area contributed by atoms with Crippen molar-refractivity contribution in [2.75, 3.05) is 12.4 Å². The van der Waals surface area contributed by atoms with E-state index < -0.39 is 0 Å². The highest BCUT2D eigenvalue weighted by atomic mass is 32.2. The average molecular weight is 249 g/mol. The molecule has 2 N–H and O–H groups in total. The van der Waals surface area contributed by atoms with Crippen molar-refractivity contribution in [3.05, 3.63) is 30.5 Å². The molecule has 0 aliphatic rings. The number of hydrogen-bond acceptors (Lipinski definition) is 4. The minimum absolute atomic E-state index is 0.184. The van der Waals surface area contributed by atoms with Crippen molar-refractivity contribution in [2.45, 2.75) is 11.9 Å². The molecule has 3 nitrogen and oxygen atoms in total. The number of aromatic hydroxyl groups is 1. The van der Waals surface area contributed by atoms with Gasteiger partial charge in [0.15, 0.2) is 0 Å². The normalized spacial score (nSPS) is 12.8. The summed E-state index contributed by atoms with van der Waals surface area (Å²) >= 11 is 1.61. The maximum atomic E-state index is 9.50. The number of rotatable bonds is 4. The first-order chi connectivity index (χ1) is 8.20. The molecule has 0 aliphatic heterocycles. The van der Waals surface area contributed by atoms with Crippen LogP contribution in [0.2, 0.25) is 0 Å². The Morgan fingerprint density at radius 3 is 2.94 bits per heavy atom. The summed E-state index contributed by atoms with van der Waals surface area (Å²) in [6.45, 7) is 2.18. The van der Waals surface area contributed by atoms with Crippen molar-refractivity contribution < 1.29 is 10.2 Å². The van der Waals surface area contributed by atoms with E-state index in [1.165, 1.54) is 0 Å². The van der Waals surface area contributed by atoms with Crippen molar-refractivity contribution in [3.8, 4) is 5.75 Å². The van der Waals surface area contributed by atoms with Gasteiger partial charge in [-0.15, -0.1) is 11.8 Å². The first-order valence-corrected chi connectivity index (χ1v) is 6.50. The smallest absolute Gasteiger partial charge is 0.116 e. The molecule has 1 aromatic heterocycles. The molecule has 1 aromatic carbocycles. The number of aromatic nitrogens is 1. The summed E-state index contributed by atoms with van der Waals surface area (Å²) in [6.07, 6.45) is 1.77. The van der Waals surface area contributed by atoms with Crippen LogP contribution in [-0.2, 0) is 0 Å². The van der Waals surface area contributed by atoms with Gasteiger partial charge in [-0.1, -0.05) is 13.0 Å². The van der Waals surface area contributed by atoms with Crippen LogP contribution < -0.4 is 0 Å². The van der Waals surface area contributed by atoms with Crippen LogP contribution in [0.25, 0.3) is 10.8 Å². The van der Waals surface area contributed by atoms with E-state index in [1.54, 1.807) is 30.1 Å². The largest absolute Gasteiger partial charge is 0.508 e. The number of nitrogens with zero attached hydrogens (tertiary/aromatic N) is 1. The molecule has 0 saturated carbocycles. The second-order valence-corrected chi connectivity index (χ2v) is 5.13. The van der Waals surface area contributed by atoms with E-state index in [1.807, 2.05) is 19.1 Å². The summed E-state index contributed by atoms with van der Waals surface area (Å²) in [5, 5.41) is 21.4. The standard InChI is InChI=1S/C13H15NO2S/c1-9(7-15)8-17-13-12-6-11(16)3-2-10(12)4-5-14-13/h2-6,9,15-16H,7-8H2,1H3. The van der Waals surface area contributed by atoms with Gasteiger partial charge >= 0.3 is 0 Å². The number of hydrogen-bond donors (Lipinski definition) is 2. The molecule has 2 rings (SSSR count). The molecule has 90 valence electrons. The topological polar surface area (TPSA) is 53.4 Å². The quantitative estimate of drug-likeness (QED) is 0.818. The molecule has 0 spiro atoms. The third-order valence-electron chi connectivity index (χ3n) is 2.53. The minimum atomic E-state index is 0.184. The number of phenolic OH excluding ortho intramolecular Hbond substituents is 1. The van der Waals surface area contributed by atoms with Gasteiger partial charge in [0.25, 0.3) is 0 Å². The maximum absolute atomic E-state index is 9.50. The van der Waals surface area contributed by atoms with Gasteiger partial charge in [-0.3, -0.25) is 0 Å². The molecule has 4 heteroatoms. The number of thioether (sulfide) groups is 1. The van der Waals surface area contributed by atoms with Crippen molar-refractivity contribution in [1.82, 2.24) is 4.98 Å². The summed E-state index contributed by atoms with van der Waals surface area (Å²) in [7, 11) is 0. The van der Waals surface area contributed by atoms with Crippen LogP contribution in [0.3, 0.4) is 0 Å². The van der Waals surface area contributed by atoms with Crippen LogP contribution in [0.5, 0.6) is 5.75 Å². The first kappa shape index (κ1) is 12.2. The lowest BCUT2D eigenvalue weighted by Crippen LogP contribution is -2.03. The van der Waals surface area contributed by atoms with E-state index in [4.69, 9.17) is 5.11 Å². The molecule has 0 amide bonds. The lowest BCUT2D eigenvalue weighted by molar-refractivity contribution is 0.250. The lowest BCUT2D eigenvalue weighted by atomic mass is 10.2. The zero-order chi connectivity index (χ0) is 12.3. The Hall–Kier alpha value is -1.26. The molecule has 0 radical (unpaired) electrons. The number of aliphatic hydroxyl groups excluding tert-OH is 1. The first-order valence-electron chi connectivity index (χ1n) is 5.52. The van der Waals surface area contributed by atoms with Gasteiger partial charge < -0.3 is 10.2 Å². The van der Waals surface area contributed by atoms with Crippen molar-refractivity contribution in [2.24, 2.45) is 5.92 Å². The summed E-state index contributed by atoms with van der Waals surface area (Å²) in [6, 6.07) is 7.21. The van der Waals surface area contributed by atoms with Gasteiger partial charge in [0.2, 0.25) is 0 Å². The molecule has 2 aromatic rings. The fraction of sp³-hybridized carbons (Fsp3) is 0.308. The molecule has 0 saturated heterocycles. The molecule has 1 heterocycles. The highest BCUT2D eigenvalue weighted by Crippen LogP contribution is 2.29. The van der Waals surface area contributed by atoms with Gasteiger partial charge in [-0.05, 0) is 29.5 Å². The van der Waals surface area contributed by atoms with Crippen molar-refractivity contribution in [3.63, 3.8) is 0 Å². The van der Waals surface area contributed by atoms with Gasteiger partial charge in [-0.2, -0.15) is 0 Å². The van der Waals surface area contributed by atoms with Crippen LogP contribution in [-0.4, -0.2) is 27.6 Å². The van der Waals surface area contributed by atoms with E-state index in [9.17, 15) is 5.11 Å². The van der Waals surface area contributed by atoms with Gasteiger partial charge in [-0.25, -0.2) is 4.98 Å². The van der Waals surface area contributed by atoms with E-state index in [2.05, 4.69) is 4.98 Å². The monoisotopic (exact) mass is 249 g/mol. The zero-order valence-electron chi connectivity index (χ0n) is 9.63. The van der Waals surface area contributed by atoms with Crippen molar-refractivity contribution >= 4 is 22.5 Å². The summed E-state index contributed by atoms with van der Waals surface area (Å²) < 4.78 is 0. The highest BCUT2D eigenvalue weighted by Gasteiger charge is 2.06. The fourth-order valence-electron chi connectivity index (χ4n) is 1.52. The van der Waals surface area contributed by atoms with Crippen molar-refractivity contribution in [1.29, 1.82) is 0 Å². The van der Waals surface area contributed by atoms with Crippen LogP contribution in [0.4, 0.5) is 0 Å². The molecule has 1 unspecified atom stereocenters. The molecule has 0 bridgehead atoms. The third-order valence-corrected chi connectivity index (χ3v) is 3.86. The molecule has 17 heavy (non-hydrogen) atoms. The molecular weight excluding hydrogens is 234 g/mol. The number of benzene rings is 1. The Labute approximate surface area is 105 Å². The third kappa shape index (κ3) is 2.90. The summed E-state index contributed by atoms with van der Waals surface area (Å²) in [4.78, 5) is 4.32. The Morgan fingerprint density at radius 2 is 2.18 bits per heavy atom. The van der Waals surface area contributed by atoms with Crippen LogP contribution in [0.1, 0.15) is 6.92 Å². The van der Waals surface area contributed by atoms with Gasteiger partial charge in [0, 0.05) is 23.9 Å². The van der Waals surface area contributed by atoms with Crippen LogP contribution in [0, 0.1) is 5.92 Å². The Kier molecular flexibility index (Phi) is 3.86. The molecule has 1 atom stereocenters. The summed E-state index contributed by atoms with van der Waals surface area (Å²) in [5.41, 5.74) is 0. The fourth-order valence-corrected chi connectivity index (χ4v) is 2.53. The second kappa shape index (κ2) is 5.38. The van der Waals surface area contributed by atoms with E-state index in [-0.39, 0.29) is 18.3 Å². The predicted molar refractivity (Wildman–Crippen MR) is 70.4 cm³/mol. The molecule has 0 aliphatic carbocycles. The van der Waals surface area contributed by atoms with E-state index in [0.29, 0.717) is 0 Å². The SMILES string of the molecule is CC(CO)CSc1nccc2ccc(O)cc12. The molecule has 0 fully saturated rings. The van der Waals surface area contributed by atoms with E-state index >= 15 is 0 Å². The zero-order valence-corrected chi connectivity index (χ0v) is 10.4. The molecular formula is C13H15NO2S. The number of pyridine rings is 1. The van der Waals surface area contributed by atoms with Gasteiger partial charge in [0.05, 0.1) is 0 Å². The highest BCUT2D eigenvalue weighted by molar-refractivity contribution is 7.99. The second-order valence-electron chi connectivity index (χ2n) is 4.12. The average Bonchev–Trinajstić information content (AvgIpc) is 2.35. The van der Waals surface area contributed by atoms with Crippen LogP contribution in [0.15, 0.2) is 35.5 Å². The van der Waals surface area contributed by atoms with Crippen LogP contribution >= 0.6 is 11.8 Å².